The van der Waals surface area contributed by atoms with E-state index < -0.39 is 0 Å². The summed E-state index contributed by atoms with van der Waals surface area (Å²) < 4.78 is 5.37. The van der Waals surface area contributed by atoms with E-state index in [1.165, 1.54) is 35.1 Å². The largest absolute Gasteiger partial charge is 0.361 e. The molecule has 2 aromatic rings. The van der Waals surface area contributed by atoms with Gasteiger partial charge in [-0.15, -0.1) is 0 Å². The van der Waals surface area contributed by atoms with Crippen LogP contribution in [0.25, 0.3) is 0 Å². The summed E-state index contributed by atoms with van der Waals surface area (Å²) in [5.74, 6) is 0.977. The minimum atomic E-state index is 0.455. The number of hydrogen-bond acceptors (Lipinski definition) is 3. The normalized spacial score (nSPS) is 19.3. The van der Waals surface area contributed by atoms with Crippen LogP contribution in [0.15, 0.2) is 22.7 Å². The summed E-state index contributed by atoms with van der Waals surface area (Å²) in [6, 6.07) is 7.19. The minimum absolute atomic E-state index is 0.455. The zero-order chi connectivity index (χ0) is 15.0. The molecule has 1 aliphatic heterocycles. The average Bonchev–Trinajstić information content (AvgIpc) is 3.01. The molecule has 2 heterocycles. The van der Waals surface area contributed by atoms with Gasteiger partial charge in [-0.2, -0.15) is 0 Å². The van der Waals surface area contributed by atoms with Gasteiger partial charge in [-0.25, -0.2) is 0 Å². The Morgan fingerprint density at radius 1 is 1.24 bits per heavy atom. The molecule has 0 bridgehead atoms. The van der Waals surface area contributed by atoms with Gasteiger partial charge in [-0.1, -0.05) is 28.9 Å². The third-order valence-corrected chi connectivity index (χ3v) is 4.66. The molecule has 0 unspecified atom stereocenters. The summed E-state index contributed by atoms with van der Waals surface area (Å²) >= 11 is 0. The van der Waals surface area contributed by atoms with E-state index in [0.29, 0.717) is 6.04 Å². The van der Waals surface area contributed by atoms with Crippen molar-refractivity contribution in [1.29, 1.82) is 0 Å². The number of likely N-dealkylation sites (tertiary alicyclic amines) is 1. The highest BCUT2D eigenvalue weighted by molar-refractivity contribution is 5.31. The summed E-state index contributed by atoms with van der Waals surface area (Å²) in [5, 5.41) is 4.13. The molecule has 112 valence electrons. The van der Waals surface area contributed by atoms with Crippen molar-refractivity contribution < 1.29 is 4.52 Å². The van der Waals surface area contributed by atoms with Crippen LogP contribution in [0.4, 0.5) is 0 Å². The fourth-order valence-corrected chi connectivity index (χ4v) is 3.50. The lowest BCUT2D eigenvalue weighted by molar-refractivity contribution is 0.245. The predicted octanol–water partition coefficient (Wildman–Crippen LogP) is 4.25. The molecule has 3 heteroatoms. The van der Waals surface area contributed by atoms with Gasteiger partial charge in [0.25, 0.3) is 0 Å². The lowest BCUT2D eigenvalue weighted by Gasteiger charge is -2.25. The van der Waals surface area contributed by atoms with Crippen molar-refractivity contribution in [3.63, 3.8) is 0 Å². The quantitative estimate of drug-likeness (QED) is 0.844. The van der Waals surface area contributed by atoms with Crippen LogP contribution in [0.5, 0.6) is 0 Å². The van der Waals surface area contributed by atoms with Crippen LogP contribution in [-0.2, 0) is 6.54 Å². The Morgan fingerprint density at radius 2 is 2.05 bits per heavy atom. The molecule has 1 aromatic carbocycles. The average molecular weight is 284 g/mol. The molecular formula is C18H24N2O. The topological polar surface area (TPSA) is 29.3 Å². The van der Waals surface area contributed by atoms with Crippen molar-refractivity contribution in [1.82, 2.24) is 10.1 Å². The second kappa shape index (κ2) is 5.64. The number of aryl methyl sites for hydroxylation is 4. The Labute approximate surface area is 126 Å². The zero-order valence-electron chi connectivity index (χ0n) is 13.4. The Kier molecular flexibility index (Phi) is 3.85. The van der Waals surface area contributed by atoms with Crippen LogP contribution in [0.3, 0.4) is 0 Å². The van der Waals surface area contributed by atoms with Crippen molar-refractivity contribution in [2.75, 3.05) is 6.54 Å². The van der Waals surface area contributed by atoms with Crippen molar-refractivity contribution in [2.24, 2.45) is 0 Å². The molecule has 1 atom stereocenters. The molecule has 0 amide bonds. The standard InChI is InChI=1S/C18H24N2O/c1-12-7-8-13(2)16(10-12)11-20-9-5-6-17(20)18-14(3)19-21-15(18)4/h7-8,10,17H,5-6,9,11H2,1-4H3/t17-/m1/s1. The second-order valence-electron chi connectivity index (χ2n) is 6.30. The van der Waals surface area contributed by atoms with Crippen molar-refractivity contribution in [2.45, 2.75) is 53.1 Å². The van der Waals surface area contributed by atoms with Gasteiger partial charge < -0.3 is 4.52 Å². The van der Waals surface area contributed by atoms with Gasteiger partial charge in [-0.3, -0.25) is 4.90 Å². The smallest absolute Gasteiger partial charge is 0.138 e. The summed E-state index contributed by atoms with van der Waals surface area (Å²) in [6.07, 6.45) is 2.45. The summed E-state index contributed by atoms with van der Waals surface area (Å²) in [7, 11) is 0. The zero-order valence-corrected chi connectivity index (χ0v) is 13.4. The Balaban J connectivity index is 1.86. The fraction of sp³-hybridized carbons (Fsp3) is 0.500. The molecular weight excluding hydrogens is 260 g/mol. The summed E-state index contributed by atoms with van der Waals surface area (Å²) in [6.45, 7) is 10.6. The van der Waals surface area contributed by atoms with Crippen LogP contribution in [0.1, 0.15) is 52.6 Å². The van der Waals surface area contributed by atoms with Gasteiger partial charge in [-0.05, 0) is 58.2 Å². The first-order valence-electron chi connectivity index (χ1n) is 7.79. The summed E-state index contributed by atoms with van der Waals surface area (Å²) in [4.78, 5) is 2.58. The first-order valence-corrected chi connectivity index (χ1v) is 7.79. The van der Waals surface area contributed by atoms with Crippen LogP contribution >= 0.6 is 0 Å². The van der Waals surface area contributed by atoms with Gasteiger partial charge in [0.05, 0.1) is 5.69 Å². The van der Waals surface area contributed by atoms with Crippen molar-refractivity contribution in [3.05, 3.63) is 51.9 Å². The number of benzene rings is 1. The fourth-order valence-electron chi connectivity index (χ4n) is 3.50. The summed E-state index contributed by atoms with van der Waals surface area (Å²) in [5.41, 5.74) is 6.51. The maximum Gasteiger partial charge on any atom is 0.138 e. The van der Waals surface area contributed by atoms with E-state index in [0.717, 1.165) is 24.5 Å². The first kappa shape index (κ1) is 14.3. The minimum Gasteiger partial charge on any atom is -0.361 e. The molecule has 0 spiro atoms. The molecule has 1 aliphatic rings. The number of hydrogen-bond donors (Lipinski definition) is 0. The number of nitrogens with zero attached hydrogens (tertiary/aromatic N) is 2. The molecule has 1 saturated heterocycles. The molecule has 21 heavy (non-hydrogen) atoms. The van der Waals surface area contributed by atoms with Crippen molar-refractivity contribution >= 4 is 0 Å². The molecule has 3 nitrogen and oxygen atoms in total. The van der Waals surface area contributed by atoms with Gasteiger partial charge in [0, 0.05) is 18.2 Å². The maximum atomic E-state index is 5.37. The van der Waals surface area contributed by atoms with Crippen LogP contribution < -0.4 is 0 Å². The van der Waals surface area contributed by atoms with Crippen LogP contribution in [0.2, 0.25) is 0 Å². The predicted molar refractivity (Wildman–Crippen MR) is 84.3 cm³/mol. The number of aromatic nitrogens is 1. The van der Waals surface area contributed by atoms with E-state index in [-0.39, 0.29) is 0 Å². The lowest BCUT2D eigenvalue weighted by Crippen LogP contribution is -2.24. The Morgan fingerprint density at radius 3 is 2.76 bits per heavy atom. The van der Waals surface area contributed by atoms with Gasteiger partial charge >= 0.3 is 0 Å². The molecule has 0 N–H and O–H groups in total. The highest BCUT2D eigenvalue weighted by Gasteiger charge is 2.30. The van der Waals surface area contributed by atoms with E-state index in [9.17, 15) is 0 Å². The van der Waals surface area contributed by atoms with E-state index in [4.69, 9.17) is 4.52 Å². The first-order chi connectivity index (χ1) is 10.1. The third-order valence-electron chi connectivity index (χ3n) is 4.66. The SMILES string of the molecule is Cc1ccc(C)c(CN2CCC[C@@H]2c2c(C)noc2C)c1. The van der Waals surface area contributed by atoms with E-state index in [2.05, 4.69) is 49.0 Å². The van der Waals surface area contributed by atoms with E-state index >= 15 is 0 Å². The second-order valence-corrected chi connectivity index (χ2v) is 6.30. The highest BCUT2D eigenvalue weighted by atomic mass is 16.5. The third kappa shape index (κ3) is 2.75. The van der Waals surface area contributed by atoms with Crippen LogP contribution in [-0.4, -0.2) is 16.6 Å². The van der Waals surface area contributed by atoms with Gasteiger partial charge in [0.2, 0.25) is 0 Å². The highest BCUT2D eigenvalue weighted by Crippen LogP contribution is 2.36. The number of rotatable bonds is 3. The maximum absolute atomic E-state index is 5.37. The monoisotopic (exact) mass is 284 g/mol. The Hall–Kier alpha value is -1.61. The van der Waals surface area contributed by atoms with Crippen molar-refractivity contribution in [3.8, 4) is 0 Å². The van der Waals surface area contributed by atoms with Gasteiger partial charge in [0.15, 0.2) is 0 Å². The molecule has 0 saturated carbocycles. The molecule has 0 aliphatic carbocycles. The van der Waals surface area contributed by atoms with Crippen LogP contribution in [0, 0.1) is 27.7 Å². The van der Waals surface area contributed by atoms with Gasteiger partial charge in [0.1, 0.15) is 5.76 Å². The van der Waals surface area contributed by atoms with E-state index in [1.807, 2.05) is 6.92 Å². The molecule has 1 aromatic heterocycles. The molecule has 0 radical (unpaired) electrons. The molecule has 1 fully saturated rings. The van der Waals surface area contributed by atoms with E-state index in [1.54, 1.807) is 0 Å². The Bertz CT molecular complexity index is 625. The molecule has 3 rings (SSSR count). The lowest BCUT2D eigenvalue weighted by atomic mass is 10.0.